The monoisotopic (exact) mass is 610 g/mol. The maximum absolute atomic E-state index is 10.9. The Labute approximate surface area is 294 Å². The van der Waals surface area contributed by atoms with Crippen molar-refractivity contribution >= 4 is 10.4 Å². The van der Waals surface area contributed by atoms with Crippen molar-refractivity contribution in [2.75, 3.05) is 6.61 Å². The van der Waals surface area contributed by atoms with Crippen molar-refractivity contribution < 1.29 is 68.5 Å². The van der Waals surface area contributed by atoms with Gasteiger partial charge in [0, 0.05) is 5.92 Å². The summed E-state index contributed by atoms with van der Waals surface area (Å²) in [6.45, 7) is 4.52. The van der Waals surface area contributed by atoms with Crippen LogP contribution >= 0.6 is 0 Å². The third-order valence-corrected chi connectivity index (χ3v) is 8.41. The Balaban J connectivity index is 0. The van der Waals surface area contributed by atoms with Crippen LogP contribution in [0.5, 0.6) is 0 Å². The zero-order valence-electron chi connectivity index (χ0n) is 27.3. The normalized spacial score (nSPS) is 12.7. The molecule has 0 rings (SSSR count). The number of rotatable bonds is 32. The first-order chi connectivity index (χ1) is 19.0. The van der Waals surface area contributed by atoms with Crippen LogP contribution in [-0.4, -0.2) is 19.6 Å². The van der Waals surface area contributed by atoms with Crippen LogP contribution in [0.1, 0.15) is 194 Å². The summed E-state index contributed by atoms with van der Waals surface area (Å²) in [5, 5.41) is 0. The van der Waals surface area contributed by atoms with E-state index in [-0.39, 0.29) is 63.9 Å². The molecule has 4 nitrogen and oxygen atoms in total. The van der Waals surface area contributed by atoms with Gasteiger partial charge in [-0.3, -0.25) is 4.18 Å². The van der Waals surface area contributed by atoms with Gasteiger partial charge in [0.1, 0.15) is 0 Å². The third kappa shape index (κ3) is 37.3. The molecule has 1 atom stereocenters. The van der Waals surface area contributed by atoms with E-state index < -0.39 is 10.4 Å². The molecule has 1 unspecified atom stereocenters. The minimum atomic E-state index is -4.62. The number of allylic oxidation sites excluding steroid dienone is 1. The summed E-state index contributed by atoms with van der Waals surface area (Å²) in [5.41, 5.74) is 0. The van der Waals surface area contributed by atoms with Gasteiger partial charge in [-0.2, -0.15) is 0 Å². The molecular formula is C34H67KO4S. The number of hydrogen-bond donors (Lipinski definition) is 0. The van der Waals surface area contributed by atoms with Gasteiger partial charge in [-0.1, -0.05) is 187 Å². The van der Waals surface area contributed by atoms with Crippen LogP contribution in [0, 0.1) is 5.92 Å². The third-order valence-electron chi connectivity index (χ3n) is 7.99. The van der Waals surface area contributed by atoms with E-state index >= 15 is 0 Å². The smallest absolute Gasteiger partial charge is 0.726 e. The average molecular weight is 611 g/mol. The molecule has 0 aromatic carbocycles. The van der Waals surface area contributed by atoms with Crippen LogP contribution in [0.4, 0.5) is 0 Å². The molecule has 0 aliphatic carbocycles. The molecule has 0 amide bonds. The molecule has 234 valence electrons. The zero-order chi connectivity index (χ0) is 28.7. The quantitative estimate of drug-likeness (QED) is 0.0251. The van der Waals surface area contributed by atoms with Crippen LogP contribution in [0.2, 0.25) is 0 Å². The van der Waals surface area contributed by atoms with Crippen molar-refractivity contribution in [2.45, 2.75) is 194 Å². The first-order valence-corrected chi connectivity index (χ1v) is 18.6. The Kier molecular flexibility index (Phi) is 37.7. The molecule has 0 aliphatic rings. The van der Waals surface area contributed by atoms with Crippen molar-refractivity contribution in [1.29, 1.82) is 0 Å². The fraction of sp³-hybridized carbons (Fsp3) is 0.941. The maximum Gasteiger partial charge on any atom is 1.00 e. The minimum absolute atomic E-state index is 0. The Morgan fingerprint density at radius 3 is 1.23 bits per heavy atom. The van der Waals surface area contributed by atoms with Gasteiger partial charge in [0.25, 0.3) is 0 Å². The molecule has 0 bridgehead atoms. The van der Waals surface area contributed by atoms with E-state index in [9.17, 15) is 13.0 Å². The van der Waals surface area contributed by atoms with E-state index in [0.717, 1.165) is 19.3 Å². The zero-order valence-corrected chi connectivity index (χ0v) is 31.2. The van der Waals surface area contributed by atoms with Crippen molar-refractivity contribution in [3.63, 3.8) is 0 Å². The first-order valence-electron chi connectivity index (χ1n) is 17.3. The molecule has 6 heteroatoms. The maximum atomic E-state index is 10.9. The summed E-state index contributed by atoms with van der Waals surface area (Å²) in [6.07, 6.45) is 40.9. The fourth-order valence-corrected chi connectivity index (χ4v) is 5.74. The number of unbranched alkanes of at least 4 members (excludes halogenated alkanes) is 25. The first kappa shape index (κ1) is 43.4. The van der Waals surface area contributed by atoms with Crippen molar-refractivity contribution in [3.8, 4) is 0 Å². The summed E-state index contributed by atoms with van der Waals surface area (Å²) >= 11 is 0. The topological polar surface area (TPSA) is 66.4 Å². The standard InChI is InChI=1S/C34H68O4S.K/c1-3-5-7-9-11-13-15-17-18-19-20-22-24-26-28-30-32-34(33-38-39(35,36)37)31-29-27-25-23-21-16-14-12-10-8-6-4-2;/h30,32,34H,3-29,31,33H2,1-2H3,(H,35,36,37);/q;+1/p-1/b32-30+;. The molecular weight excluding hydrogens is 544 g/mol. The molecule has 0 aromatic heterocycles. The van der Waals surface area contributed by atoms with Gasteiger partial charge in [-0.05, 0) is 19.3 Å². The van der Waals surface area contributed by atoms with E-state index in [4.69, 9.17) is 0 Å². The SMILES string of the molecule is CCCCCCCCCCCCCCCC/C=C/C(CCCCCCCCCCCCCC)COS(=O)(=O)[O-].[K+]. The van der Waals surface area contributed by atoms with E-state index in [1.165, 1.54) is 161 Å². The van der Waals surface area contributed by atoms with Crippen molar-refractivity contribution in [3.05, 3.63) is 12.2 Å². The van der Waals surface area contributed by atoms with E-state index in [2.05, 4.69) is 30.2 Å². The number of hydrogen-bond acceptors (Lipinski definition) is 4. The minimum Gasteiger partial charge on any atom is -0.726 e. The Morgan fingerprint density at radius 1 is 0.550 bits per heavy atom. The second-order valence-electron chi connectivity index (χ2n) is 11.9. The average Bonchev–Trinajstić information content (AvgIpc) is 2.91. The largest absolute Gasteiger partial charge is 1.00 e. The second-order valence-corrected chi connectivity index (χ2v) is 13.0. The van der Waals surface area contributed by atoms with Gasteiger partial charge < -0.3 is 4.55 Å². The molecule has 40 heavy (non-hydrogen) atoms. The molecule has 0 radical (unpaired) electrons. The second kappa shape index (κ2) is 34.7. The van der Waals surface area contributed by atoms with Gasteiger partial charge >= 0.3 is 51.4 Å². The molecule has 0 N–H and O–H groups in total. The van der Waals surface area contributed by atoms with Crippen LogP contribution in [0.25, 0.3) is 0 Å². The van der Waals surface area contributed by atoms with E-state index in [1.807, 2.05) is 0 Å². The van der Waals surface area contributed by atoms with Crippen LogP contribution < -0.4 is 51.4 Å². The fourth-order valence-electron chi connectivity index (χ4n) is 5.40. The summed E-state index contributed by atoms with van der Waals surface area (Å²) < 4.78 is 37.4. The Morgan fingerprint density at radius 2 is 0.875 bits per heavy atom. The van der Waals surface area contributed by atoms with Crippen LogP contribution in [0.3, 0.4) is 0 Å². The van der Waals surface area contributed by atoms with Crippen LogP contribution in [0.15, 0.2) is 12.2 Å². The van der Waals surface area contributed by atoms with Crippen molar-refractivity contribution in [2.24, 2.45) is 5.92 Å². The predicted molar refractivity (Wildman–Crippen MR) is 169 cm³/mol. The van der Waals surface area contributed by atoms with Gasteiger partial charge in [0.2, 0.25) is 10.4 Å². The summed E-state index contributed by atoms with van der Waals surface area (Å²) in [4.78, 5) is 0. The molecule has 0 saturated carbocycles. The summed E-state index contributed by atoms with van der Waals surface area (Å²) in [7, 11) is -4.62. The van der Waals surface area contributed by atoms with E-state index in [1.54, 1.807) is 0 Å². The Hall–Kier alpha value is 1.25. The summed E-state index contributed by atoms with van der Waals surface area (Å²) in [5.74, 6) is 0.0171. The molecule has 0 aliphatic heterocycles. The van der Waals surface area contributed by atoms with Gasteiger partial charge in [0.05, 0.1) is 6.61 Å². The molecule has 0 spiro atoms. The van der Waals surface area contributed by atoms with E-state index in [0.29, 0.717) is 0 Å². The molecule has 0 aromatic rings. The molecule has 0 heterocycles. The van der Waals surface area contributed by atoms with Crippen LogP contribution in [-0.2, 0) is 14.6 Å². The van der Waals surface area contributed by atoms with Crippen molar-refractivity contribution in [1.82, 2.24) is 0 Å². The summed E-state index contributed by atoms with van der Waals surface area (Å²) in [6, 6.07) is 0. The molecule has 0 fully saturated rings. The van der Waals surface area contributed by atoms with Gasteiger partial charge in [-0.15, -0.1) is 0 Å². The van der Waals surface area contributed by atoms with Gasteiger partial charge in [-0.25, -0.2) is 8.42 Å². The molecule has 0 saturated heterocycles. The predicted octanol–water partition coefficient (Wildman–Crippen LogP) is 8.60. The Bertz CT molecular complexity index is 609. The van der Waals surface area contributed by atoms with Gasteiger partial charge in [0.15, 0.2) is 0 Å².